The molecule has 0 spiro atoms. The predicted octanol–water partition coefficient (Wildman–Crippen LogP) is 2.94. The zero-order valence-corrected chi connectivity index (χ0v) is 13.6. The average molecular weight is 314 g/mol. The Morgan fingerprint density at radius 1 is 1.29 bits per heavy atom. The molecule has 0 heterocycles. The van der Waals surface area contributed by atoms with Crippen molar-refractivity contribution in [1.82, 2.24) is 5.32 Å². The second-order valence-corrected chi connectivity index (χ2v) is 5.94. The first kappa shape index (κ1) is 18.0. The summed E-state index contributed by atoms with van der Waals surface area (Å²) in [5.41, 5.74) is 0.716. The summed E-state index contributed by atoms with van der Waals surface area (Å²) in [7, 11) is 0. The highest BCUT2D eigenvalue weighted by atomic mass is 35.5. The lowest BCUT2D eigenvalue weighted by atomic mass is 10.1. The molecule has 0 aliphatic rings. The minimum atomic E-state index is -0.755. The molecule has 0 bridgehead atoms. The van der Waals surface area contributed by atoms with E-state index in [4.69, 9.17) is 16.3 Å². The molecule has 2 unspecified atom stereocenters. The van der Waals surface area contributed by atoms with Crippen molar-refractivity contribution < 1.29 is 14.6 Å². The van der Waals surface area contributed by atoms with E-state index in [0.717, 1.165) is 6.42 Å². The van der Waals surface area contributed by atoms with E-state index in [2.05, 4.69) is 19.2 Å². The van der Waals surface area contributed by atoms with Crippen LogP contribution in [0.2, 0.25) is 5.02 Å². The lowest BCUT2D eigenvalue weighted by Crippen LogP contribution is -2.37. The largest absolute Gasteiger partial charge is 0.387 e. The Morgan fingerprint density at radius 2 is 1.90 bits per heavy atom. The Morgan fingerprint density at radius 3 is 2.48 bits per heavy atom. The fraction of sp³-hybridized carbons (Fsp3) is 0.562. The molecule has 0 aliphatic heterocycles. The van der Waals surface area contributed by atoms with Gasteiger partial charge in [0.25, 0.3) is 0 Å². The van der Waals surface area contributed by atoms with Crippen molar-refractivity contribution >= 4 is 17.5 Å². The van der Waals surface area contributed by atoms with Gasteiger partial charge in [-0.15, -0.1) is 0 Å². The third kappa shape index (κ3) is 6.93. The van der Waals surface area contributed by atoms with Gasteiger partial charge >= 0.3 is 0 Å². The predicted molar refractivity (Wildman–Crippen MR) is 84.3 cm³/mol. The molecule has 4 nitrogen and oxygen atoms in total. The molecule has 118 valence electrons. The SMILES string of the molecule is CC(C)CCOC(C)C(=O)NCC(O)c1ccc(Cl)cc1. The summed E-state index contributed by atoms with van der Waals surface area (Å²) in [6, 6.07) is 6.89. The quantitative estimate of drug-likeness (QED) is 0.776. The van der Waals surface area contributed by atoms with Gasteiger partial charge in [0, 0.05) is 18.2 Å². The molecule has 0 radical (unpaired) electrons. The van der Waals surface area contributed by atoms with Crippen molar-refractivity contribution in [2.75, 3.05) is 13.2 Å². The van der Waals surface area contributed by atoms with Crippen LogP contribution < -0.4 is 5.32 Å². The van der Waals surface area contributed by atoms with Crippen LogP contribution in [-0.4, -0.2) is 30.3 Å². The van der Waals surface area contributed by atoms with Crippen LogP contribution >= 0.6 is 11.6 Å². The molecule has 1 amide bonds. The molecule has 2 N–H and O–H groups in total. The van der Waals surface area contributed by atoms with Crippen LogP contribution in [-0.2, 0) is 9.53 Å². The minimum Gasteiger partial charge on any atom is -0.387 e. The normalized spacial score (nSPS) is 14.0. The van der Waals surface area contributed by atoms with E-state index in [0.29, 0.717) is 23.1 Å². The minimum absolute atomic E-state index is 0.151. The molecule has 1 aromatic rings. The fourth-order valence-electron chi connectivity index (χ4n) is 1.70. The molecule has 2 atom stereocenters. The highest BCUT2D eigenvalue weighted by Crippen LogP contribution is 2.15. The molecule has 0 aliphatic carbocycles. The van der Waals surface area contributed by atoms with Crippen molar-refractivity contribution in [3.05, 3.63) is 34.9 Å². The van der Waals surface area contributed by atoms with Crippen LogP contribution in [0, 0.1) is 5.92 Å². The first-order chi connectivity index (χ1) is 9.90. The van der Waals surface area contributed by atoms with Crippen molar-refractivity contribution in [2.45, 2.75) is 39.4 Å². The Balaban J connectivity index is 2.32. The maximum Gasteiger partial charge on any atom is 0.248 e. The molecule has 5 heteroatoms. The number of nitrogens with one attached hydrogen (secondary N) is 1. The number of rotatable bonds is 8. The van der Waals surface area contributed by atoms with Crippen molar-refractivity contribution in [2.24, 2.45) is 5.92 Å². The fourth-order valence-corrected chi connectivity index (χ4v) is 1.83. The summed E-state index contributed by atoms with van der Waals surface area (Å²) in [6.45, 7) is 6.64. The van der Waals surface area contributed by atoms with Gasteiger partial charge in [0.1, 0.15) is 6.10 Å². The molecule has 0 fully saturated rings. The summed E-state index contributed by atoms with van der Waals surface area (Å²) < 4.78 is 5.46. The van der Waals surface area contributed by atoms with E-state index in [1.807, 2.05) is 0 Å². The Labute approximate surface area is 131 Å². The number of aliphatic hydroxyl groups excluding tert-OH is 1. The standard InChI is InChI=1S/C16H24ClNO3/c1-11(2)8-9-21-12(3)16(20)18-10-15(19)13-4-6-14(17)7-5-13/h4-7,11-12,15,19H,8-10H2,1-3H3,(H,18,20). The van der Waals surface area contributed by atoms with E-state index in [1.54, 1.807) is 31.2 Å². The maximum absolute atomic E-state index is 11.8. The van der Waals surface area contributed by atoms with Gasteiger partial charge in [-0.1, -0.05) is 37.6 Å². The topological polar surface area (TPSA) is 58.6 Å². The van der Waals surface area contributed by atoms with Crippen molar-refractivity contribution in [1.29, 1.82) is 0 Å². The number of amides is 1. The highest BCUT2D eigenvalue weighted by molar-refractivity contribution is 6.30. The van der Waals surface area contributed by atoms with Crippen LogP contribution in [0.15, 0.2) is 24.3 Å². The Bertz CT molecular complexity index is 434. The number of hydrogen-bond donors (Lipinski definition) is 2. The van der Waals surface area contributed by atoms with Gasteiger partial charge in [-0.05, 0) is 37.0 Å². The van der Waals surface area contributed by atoms with Crippen LogP contribution in [0.5, 0.6) is 0 Å². The van der Waals surface area contributed by atoms with E-state index in [-0.39, 0.29) is 12.5 Å². The second-order valence-electron chi connectivity index (χ2n) is 5.51. The number of hydrogen-bond acceptors (Lipinski definition) is 3. The maximum atomic E-state index is 11.8. The number of aliphatic hydroxyl groups is 1. The molecule has 0 saturated carbocycles. The zero-order chi connectivity index (χ0) is 15.8. The third-order valence-corrected chi connectivity index (χ3v) is 3.41. The zero-order valence-electron chi connectivity index (χ0n) is 12.8. The van der Waals surface area contributed by atoms with Crippen molar-refractivity contribution in [3.63, 3.8) is 0 Å². The average Bonchev–Trinajstić information content (AvgIpc) is 2.44. The lowest BCUT2D eigenvalue weighted by Gasteiger charge is -2.16. The van der Waals surface area contributed by atoms with Gasteiger partial charge < -0.3 is 15.2 Å². The number of ether oxygens (including phenoxy) is 1. The van der Waals surface area contributed by atoms with E-state index in [1.165, 1.54) is 0 Å². The van der Waals surface area contributed by atoms with Crippen LogP contribution in [0.25, 0.3) is 0 Å². The van der Waals surface area contributed by atoms with E-state index < -0.39 is 12.2 Å². The first-order valence-corrected chi connectivity index (χ1v) is 7.60. The molecule has 21 heavy (non-hydrogen) atoms. The smallest absolute Gasteiger partial charge is 0.248 e. The third-order valence-electron chi connectivity index (χ3n) is 3.16. The van der Waals surface area contributed by atoms with Gasteiger partial charge in [-0.3, -0.25) is 4.79 Å². The Kier molecular flexibility index (Phi) is 7.72. The summed E-state index contributed by atoms with van der Waals surface area (Å²) in [6.07, 6.45) is -0.347. The van der Waals surface area contributed by atoms with Gasteiger partial charge in [0.15, 0.2) is 0 Å². The summed E-state index contributed by atoms with van der Waals surface area (Å²) in [4.78, 5) is 11.8. The number of carbonyl (C=O) groups is 1. The van der Waals surface area contributed by atoms with Crippen LogP contribution in [0.1, 0.15) is 38.9 Å². The van der Waals surface area contributed by atoms with Gasteiger partial charge in [0.2, 0.25) is 5.91 Å². The Hall–Kier alpha value is -1.10. The number of carbonyl (C=O) groups excluding carboxylic acids is 1. The monoisotopic (exact) mass is 313 g/mol. The van der Waals surface area contributed by atoms with Gasteiger partial charge in [-0.2, -0.15) is 0 Å². The molecule has 0 aromatic heterocycles. The molecule has 1 rings (SSSR count). The van der Waals surface area contributed by atoms with Gasteiger partial charge in [-0.25, -0.2) is 0 Å². The summed E-state index contributed by atoms with van der Waals surface area (Å²) >= 11 is 5.79. The number of halogens is 1. The van der Waals surface area contributed by atoms with Crippen molar-refractivity contribution in [3.8, 4) is 0 Å². The number of benzene rings is 1. The molecular weight excluding hydrogens is 290 g/mol. The summed E-state index contributed by atoms with van der Waals surface area (Å²) in [5.74, 6) is 0.332. The van der Waals surface area contributed by atoms with E-state index >= 15 is 0 Å². The van der Waals surface area contributed by atoms with E-state index in [9.17, 15) is 9.90 Å². The molecule has 1 aromatic carbocycles. The second kappa shape index (κ2) is 9.03. The first-order valence-electron chi connectivity index (χ1n) is 7.23. The summed E-state index contributed by atoms with van der Waals surface area (Å²) in [5, 5.41) is 13.3. The molecule has 0 saturated heterocycles. The lowest BCUT2D eigenvalue weighted by molar-refractivity contribution is -0.132. The van der Waals surface area contributed by atoms with Crippen LogP contribution in [0.3, 0.4) is 0 Å². The highest BCUT2D eigenvalue weighted by Gasteiger charge is 2.15. The van der Waals surface area contributed by atoms with Gasteiger partial charge in [0.05, 0.1) is 6.10 Å². The van der Waals surface area contributed by atoms with Crippen LogP contribution in [0.4, 0.5) is 0 Å². The molecular formula is C16H24ClNO3.